The second-order valence-corrected chi connectivity index (χ2v) is 6.42. The largest absolute Gasteiger partial charge is 0.322 e. The molecule has 0 bridgehead atoms. The van der Waals surface area contributed by atoms with Crippen molar-refractivity contribution in [3.05, 3.63) is 101 Å². The monoisotopic (exact) mass is 327 g/mol. The van der Waals surface area contributed by atoms with Gasteiger partial charge in [-0.1, -0.05) is 72.3 Å². The fourth-order valence-corrected chi connectivity index (χ4v) is 3.19. The summed E-state index contributed by atoms with van der Waals surface area (Å²) in [5, 5.41) is 0. The standard InChI is InChI=1S/C22H21N3/c1-16-11-13-18(14-12-16)21(23)22-24-19-9-5-6-10-20(19)25(22)15-17-7-3-2-4-8-17/h2-14,21H,15,23H2,1H3. The summed E-state index contributed by atoms with van der Waals surface area (Å²) in [6.07, 6.45) is 0. The van der Waals surface area contributed by atoms with Crippen molar-refractivity contribution in [2.45, 2.75) is 19.5 Å². The fraction of sp³-hybridized carbons (Fsp3) is 0.136. The van der Waals surface area contributed by atoms with Gasteiger partial charge in [0.2, 0.25) is 0 Å². The Morgan fingerprint density at radius 1 is 0.880 bits per heavy atom. The van der Waals surface area contributed by atoms with Gasteiger partial charge >= 0.3 is 0 Å². The molecule has 4 aromatic rings. The zero-order valence-electron chi connectivity index (χ0n) is 14.3. The fourth-order valence-electron chi connectivity index (χ4n) is 3.19. The number of imidazole rings is 1. The van der Waals surface area contributed by atoms with E-state index in [9.17, 15) is 0 Å². The van der Waals surface area contributed by atoms with Crippen LogP contribution in [0, 0.1) is 6.92 Å². The molecule has 0 aliphatic carbocycles. The normalized spacial score (nSPS) is 12.4. The molecule has 2 N–H and O–H groups in total. The van der Waals surface area contributed by atoms with E-state index in [4.69, 9.17) is 10.7 Å². The van der Waals surface area contributed by atoms with Crippen LogP contribution in [0.2, 0.25) is 0 Å². The molecule has 3 aromatic carbocycles. The van der Waals surface area contributed by atoms with Gasteiger partial charge in [0, 0.05) is 6.54 Å². The molecule has 0 saturated carbocycles. The highest BCUT2D eigenvalue weighted by molar-refractivity contribution is 5.76. The van der Waals surface area contributed by atoms with Crippen LogP contribution >= 0.6 is 0 Å². The van der Waals surface area contributed by atoms with Crippen LogP contribution in [0.3, 0.4) is 0 Å². The third kappa shape index (κ3) is 3.06. The molecule has 0 amide bonds. The van der Waals surface area contributed by atoms with Crippen LogP contribution in [0.5, 0.6) is 0 Å². The molecule has 124 valence electrons. The summed E-state index contributed by atoms with van der Waals surface area (Å²) in [7, 11) is 0. The maximum absolute atomic E-state index is 6.60. The van der Waals surface area contributed by atoms with Gasteiger partial charge in [-0.2, -0.15) is 0 Å². The first kappa shape index (κ1) is 15.6. The number of benzene rings is 3. The molecule has 0 spiro atoms. The lowest BCUT2D eigenvalue weighted by Crippen LogP contribution is -2.18. The van der Waals surface area contributed by atoms with Crippen LogP contribution in [0.1, 0.15) is 28.6 Å². The molecule has 3 heteroatoms. The van der Waals surface area contributed by atoms with Crippen LogP contribution in [-0.2, 0) is 6.54 Å². The molecule has 4 rings (SSSR count). The molecule has 1 aromatic heterocycles. The van der Waals surface area contributed by atoms with Crippen molar-refractivity contribution in [1.82, 2.24) is 9.55 Å². The van der Waals surface area contributed by atoms with Crippen LogP contribution in [0.15, 0.2) is 78.9 Å². The number of para-hydroxylation sites is 2. The first-order valence-electron chi connectivity index (χ1n) is 8.53. The van der Waals surface area contributed by atoms with Crippen molar-refractivity contribution in [2.24, 2.45) is 5.73 Å². The molecular weight excluding hydrogens is 306 g/mol. The van der Waals surface area contributed by atoms with Gasteiger partial charge < -0.3 is 10.3 Å². The predicted molar refractivity (Wildman–Crippen MR) is 102 cm³/mol. The average Bonchev–Trinajstić information content (AvgIpc) is 3.01. The SMILES string of the molecule is Cc1ccc(C(N)c2nc3ccccc3n2Cc2ccccc2)cc1. The Labute approximate surface area is 147 Å². The van der Waals surface area contributed by atoms with Gasteiger partial charge in [0.25, 0.3) is 0 Å². The summed E-state index contributed by atoms with van der Waals surface area (Å²) in [5.74, 6) is 0.897. The summed E-state index contributed by atoms with van der Waals surface area (Å²) in [6.45, 7) is 2.84. The highest BCUT2D eigenvalue weighted by atomic mass is 15.1. The van der Waals surface area contributed by atoms with E-state index in [0.717, 1.165) is 29.0 Å². The van der Waals surface area contributed by atoms with E-state index < -0.39 is 0 Å². The number of aryl methyl sites for hydroxylation is 1. The lowest BCUT2D eigenvalue weighted by molar-refractivity contribution is 0.688. The van der Waals surface area contributed by atoms with Crippen molar-refractivity contribution in [2.75, 3.05) is 0 Å². The molecule has 0 saturated heterocycles. The quantitative estimate of drug-likeness (QED) is 0.602. The Bertz CT molecular complexity index is 985. The summed E-state index contributed by atoms with van der Waals surface area (Å²) in [5.41, 5.74) is 12.2. The lowest BCUT2D eigenvalue weighted by atomic mass is 10.1. The summed E-state index contributed by atoms with van der Waals surface area (Å²) < 4.78 is 2.23. The van der Waals surface area contributed by atoms with E-state index >= 15 is 0 Å². The number of hydrogen-bond donors (Lipinski definition) is 1. The molecule has 0 radical (unpaired) electrons. The minimum absolute atomic E-state index is 0.253. The number of nitrogens with two attached hydrogens (primary N) is 1. The van der Waals surface area contributed by atoms with Gasteiger partial charge in [0.15, 0.2) is 0 Å². The summed E-state index contributed by atoms with van der Waals surface area (Å²) in [6, 6.07) is 26.8. The summed E-state index contributed by atoms with van der Waals surface area (Å²) in [4.78, 5) is 4.85. The Morgan fingerprint density at radius 2 is 1.56 bits per heavy atom. The highest BCUT2D eigenvalue weighted by Gasteiger charge is 2.18. The first-order valence-corrected chi connectivity index (χ1v) is 8.53. The minimum Gasteiger partial charge on any atom is -0.322 e. The number of hydrogen-bond acceptors (Lipinski definition) is 2. The molecule has 0 aliphatic heterocycles. The minimum atomic E-state index is -0.253. The van der Waals surface area contributed by atoms with Gasteiger partial charge in [-0.15, -0.1) is 0 Å². The first-order chi connectivity index (χ1) is 12.2. The number of rotatable bonds is 4. The Kier molecular flexibility index (Phi) is 4.08. The van der Waals surface area contributed by atoms with E-state index in [-0.39, 0.29) is 6.04 Å². The predicted octanol–water partition coefficient (Wildman–Crippen LogP) is 4.44. The topological polar surface area (TPSA) is 43.8 Å². The molecular formula is C22H21N3. The van der Waals surface area contributed by atoms with Crippen LogP contribution in [0.4, 0.5) is 0 Å². The smallest absolute Gasteiger partial charge is 0.131 e. The van der Waals surface area contributed by atoms with Gasteiger partial charge in [-0.05, 0) is 30.2 Å². The lowest BCUT2D eigenvalue weighted by Gasteiger charge is -2.15. The molecule has 0 aliphatic rings. The maximum Gasteiger partial charge on any atom is 0.131 e. The second kappa shape index (κ2) is 6.54. The Balaban J connectivity index is 1.82. The van der Waals surface area contributed by atoms with Crippen molar-refractivity contribution < 1.29 is 0 Å². The Hall–Kier alpha value is -2.91. The molecule has 1 heterocycles. The third-order valence-corrected chi connectivity index (χ3v) is 4.58. The summed E-state index contributed by atoms with van der Waals surface area (Å²) >= 11 is 0. The van der Waals surface area contributed by atoms with Crippen molar-refractivity contribution in [3.63, 3.8) is 0 Å². The average molecular weight is 327 g/mol. The van der Waals surface area contributed by atoms with Gasteiger partial charge in [0.1, 0.15) is 5.82 Å². The molecule has 25 heavy (non-hydrogen) atoms. The molecule has 1 unspecified atom stereocenters. The van der Waals surface area contributed by atoms with E-state index in [0.29, 0.717) is 0 Å². The highest BCUT2D eigenvalue weighted by Crippen LogP contribution is 2.25. The van der Waals surface area contributed by atoms with Crippen molar-refractivity contribution in [3.8, 4) is 0 Å². The van der Waals surface area contributed by atoms with E-state index in [2.05, 4.69) is 66.1 Å². The number of aromatic nitrogens is 2. The van der Waals surface area contributed by atoms with Gasteiger partial charge in [-0.3, -0.25) is 0 Å². The second-order valence-electron chi connectivity index (χ2n) is 6.42. The number of fused-ring (bicyclic) bond motifs is 1. The van der Waals surface area contributed by atoms with E-state index in [1.807, 2.05) is 24.3 Å². The van der Waals surface area contributed by atoms with E-state index in [1.165, 1.54) is 11.1 Å². The van der Waals surface area contributed by atoms with E-state index in [1.54, 1.807) is 0 Å². The van der Waals surface area contributed by atoms with Crippen molar-refractivity contribution >= 4 is 11.0 Å². The van der Waals surface area contributed by atoms with Gasteiger partial charge in [0.05, 0.1) is 17.1 Å². The third-order valence-electron chi connectivity index (χ3n) is 4.58. The maximum atomic E-state index is 6.60. The van der Waals surface area contributed by atoms with Crippen molar-refractivity contribution in [1.29, 1.82) is 0 Å². The number of nitrogens with zero attached hydrogens (tertiary/aromatic N) is 2. The van der Waals surface area contributed by atoms with Crippen LogP contribution < -0.4 is 5.73 Å². The Morgan fingerprint density at radius 3 is 2.32 bits per heavy atom. The molecule has 0 fully saturated rings. The van der Waals surface area contributed by atoms with Crippen LogP contribution in [0.25, 0.3) is 11.0 Å². The molecule has 3 nitrogen and oxygen atoms in total. The van der Waals surface area contributed by atoms with Gasteiger partial charge in [-0.25, -0.2) is 4.98 Å². The zero-order valence-corrected chi connectivity index (χ0v) is 14.3. The van der Waals surface area contributed by atoms with Crippen LogP contribution in [-0.4, -0.2) is 9.55 Å². The molecule has 1 atom stereocenters. The zero-order chi connectivity index (χ0) is 17.2.